The maximum absolute atomic E-state index is 12.6. The number of amides is 1. The van der Waals surface area contributed by atoms with Crippen LogP contribution in [0.1, 0.15) is 29.9 Å². The highest BCUT2D eigenvalue weighted by Crippen LogP contribution is 2.22. The Morgan fingerprint density at radius 1 is 1.19 bits per heavy atom. The van der Waals surface area contributed by atoms with Crippen molar-refractivity contribution in [3.63, 3.8) is 0 Å². The van der Waals surface area contributed by atoms with E-state index in [4.69, 9.17) is 9.26 Å². The molecule has 0 saturated carbocycles. The van der Waals surface area contributed by atoms with Crippen molar-refractivity contribution < 1.29 is 14.1 Å². The Balaban J connectivity index is 1.24. The number of piperidine rings is 1. The number of benzene rings is 2. The van der Waals surface area contributed by atoms with Crippen LogP contribution in [-0.2, 0) is 17.9 Å². The molecule has 0 radical (unpaired) electrons. The number of aromatic nitrogens is 2. The first-order valence-corrected chi connectivity index (χ1v) is 10.6. The Morgan fingerprint density at radius 2 is 1.97 bits per heavy atom. The molecule has 0 bridgehead atoms. The van der Waals surface area contributed by atoms with Gasteiger partial charge in [-0.05, 0) is 50.6 Å². The van der Waals surface area contributed by atoms with E-state index in [1.54, 1.807) is 7.11 Å². The number of aryl methyl sites for hydroxylation is 1. The van der Waals surface area contributed by atoms with Gasteiger partial charge in [0.2, 0.25) is 17.6 Å². The van der Waals surface area contributed by atoms with E-state index >= 15 is 0 Å². The summed E-state index contributed by atoms with van der Waals surface area (Å²) in [7, 11) is 1.61. The van der Waals surface area contributed by atoms with Gasteiger partial charge in [-0.25, -0.2) is 0 Å². The first-order valence-electron chi connectivity index (χ1n) is 10.6. The summed E-state index contributed by atoms with van der Waals surface area (Å²) in [6.45, 7) is 5.11. The molecule has 162 valence electrons. The van der Waals surface area contributed by atoms with E-state index in [2.05, 4.69) is 51.5 Å². The largest absolute Gasteiger partial charge is 0.497 e. The van der Waals surface area contributed by atoms with E-state index in [9.17, 15) is 4.79 Å². The lowest BCUT2D eigenvalue weighted by Crippen LogP contribution is -2.40. The summed E-state index contributed by atoms with van der Waals surface area (Å²) in [5.74, 6) is 1.67. The molecule has 1 fully saturated rings. The monoisotopic (exact) mass is 420 g/mol. The maximum Gasteiger partial charge on any atom is 0.246 e. The zero-order chi connectivity index (χ0) is 21.6. The molecule has 1 N–H and O–H groups in total. The summed E-state index contributed by atoms with van der Waals surface area (Å²) >= 11 is 0. The van der Waals surface area contributed by atoms with Gasteiger partial charge in [-0.2, -0.15) is 4.98 Å². The van der Waals surface area contributed by atoms with Gasteiger partial charge in [0.1, 0.15) is 5.75 Å². The highest BCUT2D eigenvalue weighted by Gasteiger charge is 2.25. The van der Waals surface area contributed by atoms with Gasteiger partial charge in [-0.15, -0.1) is 0 Å². The third-order valence-corrected chi connectivity index (χ3v) is 5.70. The molecule has 0 unspecified atom stereocenters. The molecule has 2 heterocycles. The van der Waals surface area contributed by atoms with Crippen molar-refractivity contribution in [1.82, 2.24) is 20.4 Å². The van der Waals surface area contributed by atoms with Gasteiger partial charge in [0.15, 0.2) is 0 Å². The van der Waals surface area contributed by atoms with E-state index in [1.165, 1.54) is 11.1 Å². The first kappa shape index (κ1) is 21.1. The molecule has 4 rings (SSSR count). The Morgan fingerprint density at radius 3 is 2.71 bits per heavy atom. The third-order valence-electron chi connectivity index (χ3n) is 5.70. The Kier molecular flexibility index (Phi) is 6.62. The SMILES string of the molecule is COc1cccc(-c2noc(CNC(=O)C3CCN(Cc4ccc(C)cc4)CC3)n2)c1. The predicted octanol–water partition coefficient (Wildman–Crippen LogP) is 3.58. The summed E-state index contributed by atoms with van der Waals surface area (Å²) in [5, 5.41) is 6.96. The van der Waals surface area contributed by atoms with Gasteiger partial charge in [-0.1, -0.05) is 47.1 Å². The zero-order valence-electron chi connectivity index (χ0n) is 18.0. The van der Waals surface area contributed by atoms with Gasteiger partial charge < -0.3 is 14.6 Å². The fourth-order valence-corrected chi connectivity index (χ4v) is 3.82. The summed E-state index contributed by atoms with van der Waals surface area (Å²) in [6, 6.07) is 16.1. The standard InChI is InChI=1S/C24H28N4O3/c1-17-6-8-18(9-7-17)16-28-12-10-19(11-13-28)24(29)25-15-22-26-23(27-31-22)20-4-3-5-21(14-20)30-2/h3-9,14,19H,10-13,15-16H2,1-2H3,(H,25,29). The number of hydrogen-bond donors (Lipinski definition) is 1. The van der Waals surface area contributed by atoms with E-state index in [0.717, 1.165) is 43.8 Å². The zero-order valence-corrected chi connectivity index (χ0v) is 18.0. The van der Waals surface area contributed by atoms with Crippen molar-refractivity contribution in [1.29, 1.82) is 0 Å². The Hall–Kier alpha value is -3.19. The molecule has 31 heavy (non-hydrogen) atoms. The maximum atomic E-state index is 12.6. The average Bonchev–Trinajstić information content (AvgIpc) is 3.29. The van der Waals surface area contributed by atoms with Crippen LogP contribution in [0.2, 0.25) is 0 Å². The van der Waals surface area contributed by atoms with Crippen LogP contribution in [0.25, 0.3) is 11.4 Å². The third kappa shape index (κ3) is 5.49. The Labute approximate surface area is 182 Å². The average molecular weight is 421 g/mol. The van der Waals surface area contributed by atoms with Crippen LogP contribution < -0.4 is 10.1 Å². The normalized spacial score (nSPS) is 15.0. The second-order valence-corrected chi connectivity index (χ2v) is 8.00. The molecule has 1 saturated heterocycles. The number of rotatable bonds is 7. The number of hydrogen-bond acceptors (Lipinski definition) is 6. The van der Waals surface area contributed by atoms with Crippen molar-refractivity contribution in [3.8, 4) is 17.1 Å². The van der Waals surface area contributed by atoms with E-state index < -0.39 is 0 Å². The van der Waals surface area contributed by atoms with Crippen LogP contribution in [-0.4, -0.2) is 41.1 Å². The second-order valence-electron chi connectivity index (χ2n) is 8.00. The number of ether oxygens (including phenoxy) is 1. The minimum atomic E-state index is 0.0232. The van der Waals surface area contributed by atoms with Crippen molar-refractivity contribution in [2.24, 2.45) is 5.92 Å². The lowest BCUT2D eigenvalue weighted by molar-refractivity contribution is -0.126. The molecule has 1 aliphatic rings. The van der Waals surface area contributed by atoms with Crippen LogP contribution in [0, 0.1) is 12.8 Å². The molecule has 7 nitrogen and oxygen atoms in total. The van der Waals surface area contributed by atoms with Crippen LogP contribution in [0.3, 0.4) is 0 Å². The topological polar surface area (TPSA) is 80.5 Å². The number of likely N-dealkylation sites (tertiary alicyclic amines) is 1. The van der Waals surface area contributed by atoms with Crippen LogP contribution >= 0.6 is 0 Å². The quantitative estimate of drug-likeness (QED) is 0.629. The lowest BCUT2D eigenvalue weighted by atomic mass is 9.95. The predicted molar refractivity (Wildman–Crippen MR) is 117 cm³/mol. The lowest BCUT2D eigenvalue weighted by Gasteiger charge is -2.31. The Bertz CT molecular complexity index is 1010. The molecular formula is C24H28N4O3. The highest BCUT2D eigenvalue weighted by atomic mass is 16.5. The molecule has 0 spiro atoms. The summed E-state index contributed by atoms with van der Waals surface area (Å²) in [5.41, 5.74) is 3.40. The fourth-order valence-electron chi connectivity index (χ4n) is 3.82. The van der Waals surface area contributed by atoms with Gasteiger partial charge >= 0.3 is 0 Å². The van der Waals surface area contributed by atoms with Crippen molar-refractivity contribution in [3.05, 3.63) is 65.5 Å². The van der Waals surface area contributed by atoms with Crippen LogP contribution in [0.5, 0.6) is 5.75 Å². The van der Waals surface area contributed by atoms with E-state index in [-0.39, 0.29) is 18.4 Å². The molecule has 7 heteroatoms. The fraction of sp³-hybridized carbons (Fsp3) is 0.375. The molecule has 1 aromatic heterocycles. The molecule has 0 aliphatic carbocycles. The smallest absolute Gasteiger partial charge is 0.246 e. The summed E-state index contributed by atoms with van der Waals surface area (Å²) < 4.78 is 10.5. The molecule has 2 aromatic carbocycles. The number of carbonyl (C=O) groups excluding carboxylic acids is 1. The van der Waals surface area contributed by atoms with Crippen LogP contribution in [0.4, 0.5) is 0 Å². The number of methoxy groups -OCH3 is 1. The minimum Gasteiger partial charge on any atom is -0.497 e. The van der Waals surface area contributed by atoms with Gasteiger partial charge in [0.25, 0.3) is 0 Å². The van der Waals surface area contributed by atoms with Gasteiger partial charge in [0.05, 0.1) is 13.7 Å². The highest BCUT2D eigenvalue weighted by molar-refractivity contribution is 5.78. The summed E-state index contributed by atoms with van der Waals surface area (Å²) in [4.78, 5) is 19.4. The van der Waals surface area contributed by atoms with Gasteiger partial charge in [-0.3, -0.25) is 9.69 Å². The minimum absolute atomic E-state index is 0.0232. The summed E-state index contributed by atoms with van der Waals surface area (Å²) in [6.07, 6.45) is 1.72. The van der Waals surface area contributed by atoms with Crippen LogP contribution in [0.15, 0.2) is 53.1 Å². The number of carbonyl (C=O) groups is 1. The number of nitrogens with zero attached hydrogens (tertiary/aromatic N) is 3. The second kappa shape index (κ2) is 9.75. The van der Waals surface area contributed by atoms with Crippen molar-refractivity contribution in [2.45, 2.75) is 32.9 Å². The molecule has 0 atom stereocenters. The van der Waals surface area contributed by atoms with E-state index in [1.807, 2.05) is 24.3 Å². The molecule has 1 aliphatic heterocycles. The van der Waals surface area contributed by atoms with E-state index in [0.29, 0.717) is 11.7 Å². The van der Waals surface area contributed by atoms with Crippen molar-refractivity contribution >= 4 is 5.91 Å². The number of nitrogens with one attached hydrogen (secondary N) is 1. The molecule has 3 aromatic rings. The molecular weight excluding hydrogens is 392 g/mol. The molecule has 1 amide bonds. The van der Waals surface area contributed by atoms with Crippen molar-refractivity contribution in [2.75, 3.05) is 20.2 Å². The first-order chi connectivity index (χ1) is 15.1. The van der Waals surface area contributed by atoms with Gasteiger partial charge in [0, 0.05) is 18.0 Å².